The standard InChI is InChI=1S/C15H22N2OS/c1-16-13-14-12(7-9-19-14)6-8-17(15(13)18)10-11-4-2-3-5-11/h7,9,11,13,16H,2-6,8,10H2,1H3. The molecule has 1 saturated carbocycles. The Labute approximate surface area is 119 Å². The number of thiophene rings is 1. The molecule has 1 aromatic heterocycles. The molecule has 3 nitrogen and oxygen atoms in total. The van der Waals surface area contributed by atoms with E-state index in [1.807, 2.05) is 7.05 Å². The summed E-state index contributed by atoms with van der Waals surface area (Å²) in [4.78, 5) is 16.0. The summed E-state index contributed by atoms with van der Waals surface area (Å²) < 4.78 is 0. The lowest BCUT2D eigenvalue weighted by Crippen LogP contribution is -2.41. The van der Waals surface area contributed by atoms with Gasteiger partial charge in [0.1, 0.15) is 6.04 Å². The van der Waals surface area contributed by atoms with Crippen LogP contribution in [-0.2, 0) is 11.2 Å². The lowest BCUT2D eigenvalue weighted by atomic mass is 10.1. The molecular weight excluding hydrogens is 256 g/mol. The number of nitrogens with one attached hydrogen (secondary N) is 1. The third-order valence-electron chi connectivity index (χ3n) is 4.49. The molecule has 1 aromatic rings. The zero-order valence-corrected chi connectivity index (χ0v) is 12.3. The molecule has 19 heavy (non-hydrogen) atoms. The molecule has 1 unspecified atom stereocenters. The van der Waals surface area contributed by atoms with Gasteiger partial charge in [-0.1, -0.05) is 12.8 Å². The second kappa shape index (κ2) is 5.63. The highest BCUT2D eigenvalue weighted by Gasteiger charge is 2.32. The van der Waals surface area contributed by atoms with Gasteiger partial charge < -0.3 is 10.2 Å². The van der Waals surface area contributed by atoms with Crippen LogP contribution < -0.4 is 5.32 Å². The van der Waals surface area contributed by atoms with E-state index in [-0.39, 0.29) is 11.9 Å². The Kier molecular flexibility index (Phi) is 3.89. The van der Waals surface area contributed by atoms with Gasteiger partial charge in [0.15, 0.2) is 0 Å². The van der Waals surface area contributed by atoms with Crippen LogP contribution in [0, 0.1) is 5.92 Å². The van der Waals surface area contributed by atoms with Gasteiger partial charge in [-0.25, -0.2) is 0 Å². The number of amides is 1. The van der Waals surface area contributed by atoms with E-state index in [1.165, 1.54) is 36.1 Å². The van der Waals surface area contributed by atoms with Crippen LogP contribution >= 0.6 is 11.3 Å². The third-order valence-corrected chi connectivity index (χ3v) is 5.52. The predicted octanol–water partition coefficient (Wildman–Crippen LogP) is 2.58. The number of likely N-dealkylation sites (N-methyl/N-ethyl adjacent to an activating group) is 1. The highest BCUT2D eigenvalue weighted by atomic mass is 32.1. The quantitative estimate of drug-likeness (QED) is 0.921. The number of hydrogen-bond donors (Lipinski definition) is 1. The summed E-state index contributed by atoms with van der Waals surface area (Å²) >= 11 is 1.71. The molecule has 1 atom stereocenters. The van der Waals surface area contributed by atoms with Crippen molar-refractivity contribution < 1.29 is 4.79 Å². The minimum Gasteiger partial charge on any atom is -0.340 e. The fourth-order valence-corrected chi connectivity index (χ4v) is 4.46. The summed E-state index contributed by atoms with van der Waals surface area (Å²) in [6.07, 6.45) is 6.30. The number of nitrogens with zero attached hydrogens (tertiary/aromatic N) is 1. The predicted molar refractivity (Wildman–Crippen MR) is 78.4 cm³/mol. The van der Waals surface area contributed by atoms with E-state index in [4.69, 9.17) is 0 Å². The maximum Gasteiger partial charge on any atom is 0.245 e. The topological polar surface area (TPSA) is 32.3 Å². The molecule has 1 aliphatic carbocycles. The average molecular weight is 278 g/mol. The van der Waals surface area contributed by atoms with Gasteiger partial charge in [0.25, 0.3) is 0 Å². The van der Waals surface area contributed by atoms with E-state index in [0.717, 1.165) is 25.4 Å². The Bertz CT molecular complexity index is 451. The fraction of sp³-hybridized carbons (Fsp3) is 0.667. The van der Waals surface area contributed by atoms with Crippen molar-refractivity contribution >= 4 is 17.2 Å². The van der Waals surface area contributed by atoms with Gasteiger partial charge in [-0.05, 0) is 49.2 Å². The number of carbonyl (C=O) groups is 1. The molecule has 4 heteroatoms. The van der Waals surface area contributed by atoms with Crippen molar-refractivity contribution in [2.75, 3.05) is 20.1 Å². The Morgan fingerprint density at radius 1 is 1.42 bits per heavy atom. The van der Waals surface area contributed by atoms with Crippen LogP contribution in [0.5, 0.6) is 0 Å². The molecule has 2 aliphatic rings. The number of fused-ring (bicyclic) bond motifs is 1. The van der Waals surface area contributed by atoms with Gasteiger partial charge >= 0.3 is 0 Å². The van der Waals surface area contributed by atoms with Crippen LogP contribution in [0.15, 0.2) is 11.4 Å². The molecule has 3 rings (SSSR count). The molecular formula is C15H22N2OS. The molecule has 0 aromatic carbocycles. The van der Waals surface area contributed by atoms with E-state index in [1.54, 1.807) is 11.3 Å². The number of hydrogen-bond acceptors (Lipinski definition) is 3. The van der Waals surface area contributed by atoms with E-state index in [2.05, 4.69) is 21.7 Å². The molecule has 1 amide bonds. The van der Waals surface area contributed by atoms with E-state index >= 15 is 0 Å². The summed E-state index contributed by atoms with van der Waals surface area (Å²) in [5.41, 5.74) is 1.35. The Morgan fingerprint density at radius 3 is 2.95 bits per heavy atom. The highest BCUT2D eigenvalue weighted by molar-refractivity contribution is 7.10. The van der Waals surface area contributed by atoms with Crippen LogP contribution in [0.25, 0.3) is 0 Å². The maximum atomic E-state index is 12.7. The lowest BCUT2D eigenvalue weighted by Gasteiger charge is -2.27. The van der Waals surface area contributed by atoms with Crippen molar-refractivity contribution in [1.29, 1.82) is 0 Å². The molecule has 0 radical (unpaired) electrons. The van der Waals surface area contributed by atoms with Gasteiger partial charge in [-0.3, -0.25) is 4.79 Å². The number of rotatable bonds is 3. The molecule has 2 heterocycles. The minimum absolute atomic E-state index is 0.126. The first-order valence-electron chi connectivity index (χ1n) is 7.32. The van der Waals surface area contributed by atoms with E-state index < -0.39 is 0 Å². The molecule has 0 spiro atoms. The smallest absolute Gasteiger partial charge is 0.245 e. The normalized spacial score (nSPS) is 24.6. The largest absolute Gasteiger partial charge is 0.340 e. The first-order valence-corrected chi connectivity index (χ1v) is 8.20. The highest BCUT2D eigenvalue weighted by Crippen LogP contribution is 2.31. The first kappa shape index (κ1) is 13.1. The number of carbonyl (C=O) groups excluding carboxylic acids is 1. The van der Waals surface area contributed by atoms with Gasteiger partial charge in [-0.15, -0.1) is 11.3 Å². The molecule has 1 aliphatic heterocycles. The van der Waals surface area contributed by atoms with Gasteiger partial charge in [0.05, 0.1) is 0 Å². The summed E-state index contributed by atoms with van der Waals surface area (Å²) in [7, 11) is 1.89. The zero-order chi connectivity index (χ0) is 13.2. The monoisotopic (exact) mass is 278 g/mol. The molecule has 1 N–H and O–H groups in total. The Balaban J connectivity index is 1.77. The summed E-state index contributed by atoms with van der Waals surface area (Å²) in [5.74, 6) is 1.01. The SMILES string of the molecule is CNC1C(=O)N(CC2CCCC2)CCc2ccsc21. The second-order valence-electron chi connectivity index (χ2n) is 5.72. The van der Waals surface area contributed by atoms with Crippen LogP contribution in [0.3, 0.4) is 0 Å². The summed E-state index contributed by atoms with van der Waals surface area (Å²) in [5, 5.41) is 5.32. The zero-order valence-electron chi connectivity index (χ0n) is 11.5. The van der Waals surface area contributed by atoms with Gasteiger partial charge in [0.2, 0.25) is 5.91 Å². The van der Waals surface area contributed by atoms with Crippen molar-refractivity contribution in [3.8, 4) is 0 Å². The van der Waals surface area contributed by atoms with Crippen LogP contribution in [0.2, 0.25) is 0 Å². The van der Waals surface area contributed by atoms with Crippen molar-refractivity contribution in [2.45, 2.75) is 38.1 Å². The average Bonchev–Trinajstić information content (AvgIpc) is 3.04. The summed E-state index contributed by atoms with van der Waals surface area (Å²) in [6.45, 7) is 1.85. The Hall–Kier alpha value is -0.870. The van der Waals surface area contributed by atoms with Crippen LogP contribution in [0.4, 0.5) is 0 Å². The van der Waals surface area contributed by atoms with Crippen molar-refractivity contribution in [3.63, 3.8) is 0 Å². The van der Waals surface area contributed by atoms with Gasteiger partial charge in [0, 0.05) is 18.0 Å². The fourth-order valence-electron chi connectivity index (χ4n) is 3.41. The maximum absolute atomic E-state index is 12.7. The van der Waals surface area contributed by atoms with Crippen LogP contribution in [0.1, 0.15) is 42.2 Å². The molecule has 104 valence electrons. The third kappa shape index (κ3) is 2.56. The Morgan fingerprint density at radius 2 is 2.21 bits per heavy atom. The van der Waals surface area contributed by atoms with E-state index in [9.17, 15) is 4.79 Å². The molecule has 1 fully saturated rings. The lowest BCUT2D eigenvalue weighted by molar-refractivity contribution is -0.133. The van der Waals surface area contributed by atoms with Crippen molar-refractivity contribution in [1.82, 2.24) is 10.2 Å². The minimum atomic E-state index is -0.126. The second-order valence-corrected chi connectivity index (χ2v) is 6.66. The molecule has 0 saturated heterocycles. The van der Waals surface area contributed by atoms with Crippen molar-refractivity contribution in [2.24, 2.45) is 5.92 Å². The van der Waals surface area contributed by atoms with Gasteiger partial charge in [-0.2, -0.15) is 0 Å². The summed E-state index contributed by atoms with van der Waals surface area (Å²) in [6, 6.07) is 2.05. The van der Waals surface area contributed by atoms with Crippen molar-refractivity contribution in [3.05, 3.63) is 21.9 Å². The molecule has 0 bridgehead atoms. The van der Waals surface area contributed by atoms with E-state index in [0.29, 0.717) is 0 Å². The van der Waals surface area contributed by atoms with Crippen LogP contribution in [-0.4, -0.2) is 30.9 Å². The first-order chi connectivity index (χ1) is 9.29.